The van der Waals surface area contributed by atoms with Gasteiger partial charge < -0.3 is 9.47 Å². The molecule has 0 saturated heterocycles. The average Bonchev–Trinajstić information content (AvgIpc) is 2.46. The summed E-state index contributed by atoms with van der Waals surface area (Å²) in [6, 6.07) is 9.09. The van der Waals surface area contributed by atoms with Gasteiger partial charge in [0.1, 0.15) is 11.3 Å². The first-order valence-electron chi connectivity index (χ1n) is 5.43. The van der Waals surface area contributed by atoms with E-state index in [0.717, 1.165) is 11.1 Å². The number of carbonyl (C=O) groups is 1. The fourth-order valence-electron chi connectivity index (χ4n) is 1.78. The zero-order chi connectivity index (χ0) is 13.0. The maximum atomic E-state index is 11.9. The number of carbonyl (C=O) groups excluding carboxylic acids is 1. The van der Waals surface area contributed by atoms with Crippen LogP contribution in [0.15, 0.2) is 42.7 Å². The predicted octanol–water partition coefficient (Wildman–Crippen LogP) is 2.54. The molecule has 4 nitrogen and oxygen atoms in total. The lowest BCUT2D eigenvalue weighted by atomic mass is 10.0. The normalized spacial score (nSPS) is 9.89. The van der Waals surface area contributed by atoms with Crippen LogP contribution in [0.3, 0.4) is 0 Å². The molecular weight excluding hydrogens is 230 g/mol. The molecule has 0 unspecified atom stereocenters. The molecule has 0 amide bonds. The van der Waals surface area contributed by atoms with Crippen molar-refractivity contribution in [2.24, 2.45) is 0 Å². The first-order valence-corrected chi connectivity index (χ1v) is 5.43. The van der Waals surface area contributed by atoms with Crippen LogP contribution in [0.1, 0.15) is 10.4 Å². The maximum absolute atomic E-state index is 11.9. The Balaban J connectivity index is 2.64. The number of benzene rings is 1. The Hall–Kier alpha value is -2.36. The van der Waals surface area contributed by atoms with Crippen LogP contribution < -0.4 is 4.74 Å². The highest BCUT2D eigenvalue weighted by Gasteiger charge is 2.18. The second-order valence-corrected chi connectivity index (χ2v) is 3.62. The van der Waals surface area contributed by atoms with Crippen molar-refractivity contribution in [3.05, 3.63) is 48.3 Å². The van der Waals surface area contributed by atoms with E-state index in [2.05, 4.69) is 4.98 Å². The van der Waals surface area contributed by atoms with Crippen LogP contribution in [0.25, 0.3) is 11.1 Å². The van der Waals surface area contributed by atoms with E-state index >= 15 is 0 Å². The number of methoxy groups -OCH3 is 2. The third kappa shape index (κ3) is 2.18. The molecule has 4 heteroatoms. The van der Waals surface area contributed by atoms with E-state index in [0.29, 0.717) is 11.3 Å². The molecule has 92 valence electrons. The summed E-state index contributed by atoms with van der Waals surface area (Å²) in [5.74, 6) is 0.0644. The Kier molecular flexibility index (Phi) is 3.57. The minimum atomic E-state index is -0.425. The van der Waals surface area contributed by atoms with Crippen LogP contribution in [0.2, 0.25) is 0 Å². The fraction of sp³-hybridized carbons (Fsp3) is 0.143. The Bertz CT molecular complexity index is 552. The van der Waals surface area contributed by atoms with E-state index in [1.807, 2.05) is 24.3 Å². The molecule has 0 fully saturated rings. The number of nitrogens with zero attached hydrogens (tertiary/aromatic N) is 1. The van der Waals surface area contributed by atoms with Gasteiger partial charge in [0.05, 0.1) is 14.2 Å². The summed E-state index contributed by atoms with van der Waals surface area (Å²) < 4.78 is 10.0. The average molecular weight is 243 g/mol. The minimum Gasteiger partial charge on any atom is -0.496 e. The van der Waals surface area contributed by atoms with Gasteiger partial charge >= 0.3 is 5.97 Å². The third-order valence-corrected chi connectivity index (χ3v) is 2.61. The minimum absolute atomic E-state index is 0.413. The largest absolute Gasteiger partial charge is 0.496 e. The molecule has 2 aromatic rings. The second-order valence-electron chi connectivity index (χ2n) is 3.62. The van der Waals surface area contributed by atoms with Gasteiger partial charge in [-0.1, -0.05) is 18.2 Å². The summed E-state index contributed by atoms with van der Waals surface area (Å²) in [4.78, 5) is 15.9. The summed E-state index contributed by atoms with van der Waals surface area (Å²) in [5, 5.41) is 0. The van der Waals surface area contributed by atoms with Crippen molar-refractivity contribution in [1.82, 2.24) is 4.98 Å². The topological polar surface area (TPSA) is 48.4 Å². The zero-order valence-electron chi connectivity index (χ0n) is 10.2. The zero-order valence-corrected chi connectivity index (χ0v) is 10.2. The van der Waals surface area contributed by atoms with Crippen LogP contribution >= 0.6 is 0 Å². The maximum Gasteiger partial charge on any atom is 0.342 e. The van der Waals surface area contributed by atoms with Gasteiger partial charge in [0.2, 0.25) is 0 Å². The number of esters is 1. The molecule has 0 saturated carbocycles. The Morgan fingerprint density at radius 2 is 2.00 bits per heavy atom. The Morgan fingerprint density at radius 3 is 2.61 bits per heavy atom. The van der Waals surface area contributed by atoms with E-state index in [9.17, 15) is 4.79 Å². The van der Waals surface area contributed by atoms with Gasteiger partial charge in [0, 0.05) is 23.5 Å². The highest BCUT2D eigenvalue weighted by atomic mass is 16.5. The molecular formula is C14H13NO3. The molecule has 0 aliphatic heterocycles. The summed E-state index contributed by atoms with van der Waals surface area (Å²) in [6.45, 7) is 0. The molecule has 0 bridgehead atoms. The second kappa shape index (κ2) is 5.31. The van der Waals surface area contributed by atoms with Gasteiger partial charge in [-0.3, -0.25) is 4.98 Å². The van der Waals surface area contributed by atoms with Crippen LogP contribution in [-0.4, -0.2) is 25.2 Å². The smallest absolute Gasteiger partial charge is 0.342 e. The van der Waals surface area contributed by atoms with Crippen LogP contribution in [0, 0.1) is 0 Å². The van der Waals surface area contributed by atoms with Crippen molar-refractivity contribution < 1.29 is 14.3 Å². The lowest BCUT2D eigenvalue weighted by molar-refractivity contribution is 0.0598. The van der Waals surface area contributed by atoms with Crippen LogP contribution in [-0.2, 0) is 4.74 Å². The molecule has 0 N–H and O–H groups in total. The van der Waals surface area contributed by atoms with Crippen molar-refractivity contribution in [3.63, 3.8) is 0 Å². The van der Waals surface area contributed by atoms with E-state index in [1.165, 1.54) is 14.2 Å². The number of ether oxygens (including phenoxy) is 2. The van der Waals surface area contributed by atoms with Gasteiger partial charge in [0.25, 0.3) is 0 Å². The molecule has 2 rings (SSSR count). The van der Waals surface area contributed by atoms with Crippen molar-refractivity contribution in [1.29, 1.82) is 0 Å². The van der Waals surface area contributed by atoms with Crippen LogP contribution in [0.4, 0.5) is 0 Å². The fourth-order valence-corrected chi connectivity index (χ4v) is 1.78. The quantitative estimate of drug-likeness (QED) is 0.777. The Labute approximate surface area is 105 Å². The number of hydrogen-bond donors (Lipinski definition) is 0. The summed E-state index contributed by atoms with van der Waals surface area (Å²) >= 11 is 0. The van der Waals surface area contributed by atoms with E-state index in [4.69, 9.17) is 9.47 Å². The van der Waals surface area contributed by atoms with E-state index in [1.54, 1.807) is 18.5 Å². The van der Waals surface area contributed by atoms with Gasteiger partial charge in [-0.25, -0.2) is 4.79 Å². The first-order chi connectivity index (χ1) is 8.77. The van der Waals surface area contributed by atoms with Crippen molar-refractivity contribution in [2.45, 2.75) is 0 Å². The number of pyridine rings is 1. The standard InChI is InChI=1S/C14H13NO3/c1-17-12-7-3-6-11(13(12)14(16)18-2)10-5-4-8-15-9-10/h3-9H,1-2H3. The lowest BCUT2D eigenvalue weighted by Crippen LogP contribution is -2.06. The highest BCUT2D eigenvalue weighted by molar-refractivity contribution is 6.00. The number of aromatic nitrogens is 1. The lowest BCUT2D eigenvalue weighted by Gasteiger charge is -2.11. The Morgan fingerprint density at radius 1 is 1.17 bits per heavy atom. The van der Waals surface area contributed by atoms with E-state index in [-0.39, 0.29) is 0 Å². The van der Waals surface area contributed by atoms with Crippen molar-refractivity contribution in [3.8, 4) is 16.9 Å². The van der Waals surface area contributed by atoms with Gasteiger partial charge in [-0.15, -0.1) is 0 Å². The van der Waals surface area contributed by atoms with Gasteiger partial charge in [-0.05, 0) is 12.1 Å². The first kappa shape index (κ1) is 12.1. The monoisotopic (exact) mass is 243 g/mol. The van der Waals surface area contributed by atoms with Gasteiger partial charge in [-0.2, -0.15) is 0 Å². The molecule has 1 aromatic heterocycles. The molecule has 0 spiro atoms. The van der Waals surface area contributed by atoms with E-state index < -0.39 is 5.97 Å². The molecule has 0 atom stereocenters. The summed E-state index contributed by atoms with van der Waals surface area (Å²) in [5.41, 5.74) is 2.00. The molecule has 18 heavy (non-hydrogen) atoms. The van der Waals surface area contributed by atoms with Gasteiger partial charge in [0.15, 0.2) is 0 Å². The molecule has 1 aromatic carbocycles. The molecule has 0 radical (unpaired) electrons. The SMILES string of the molecule is COC(=O)c1c(OC)cccc1-c1cccnc1. The summed E-state index contributed by atoms with van der Waals surface area (Å²) in [6.07, 6.45) is 3.38. The molecule has 0 aliphatic rings. The third-order valence-electron chi connectivity index (χ3n) is 2.61. The summed E-state index contributed by atoms with van der Waals surface area (Å²) in [7, 11) is 2.87. The van der Waals surface area contributed by atoms with Crippen molar-refractivity contribution >= 4 is 5.97 Å². The number of hydrogen-bond acceptors (Lipinski definition) is 4. The molecule has 1 heterocycles. The number of rotatable bonds is 3. The van der Waals surface area contributed by atoms with Crippen molar-refractivity contribution in [2.75, 3.05) is 14.2 Å². The highest BCUT2D eigenvalue weighted by Crippen LogP contribution is 2.30. The van der Waals surface area contributed by atoms with Crippen LogP contribution in [0.5, 0.6) is 5.75 Å². The molecule has 0 aliphatic carbocycles. The predicted molar refractivity (Wildman–Crippen MR) is 67.6 cm³/mol.